The fourth-order valence-electron chi connectivity index (χ4n) is 2.75. The zero-order valence-electron chi connectivity index (χ0n) is 15.5. The van der Waals surface area contributed by atoms with Gasteiger partial charge in [-0.05, 0) is 43.2 Å². The number of nitrogens with one attached hydrogen (secondary N) is 1. The van der Waals surface area contributed by atoms with Crippen molar-refractivity contribution in [2.24, 2.45) is 0 Å². The lowest BCUT2D eigenvalue weighted by Crippen LogP contribution is -2.23. The first-order valence-corrected chi connectivity index (χ1v) is 9.26. The molecule has 2 aromatic rings. The Balaban J connectivity index is 1.38. The van der Waals surface area contributed by atoms with Crippen molar-refractivity contribution in [3.8, 4) is 23.0 Å². The maximum Gasteiger partial charge on any atom is 0.220 e. The number of hydrogen-bond donors (Lipinski definition) is 1. The van der Waals surface area contributed by atoms with E-state index in [4.69, 9.17) is 18.9 Å². The Morgan fingerprint density at radius 3 is 2.56 bits per heavy atom. The van der Waals surface area contributed by atoms with Crippen molar-refractivity contribution in [3.63, 3.8) is 0 Å². The molecule has 0 spiro atoms. The molecule has 1 amide bonds. The van der Waals surface area contributed by atoms with Gasteiger partial charge in [-0.1, -0.05) is 18.2 Å². The van der Waals surface area contributed by atoms with Gasteiger partial charge >= 0.3 is 0 Å². The van der Waals surface area contributed by atoms with Crippen molar-refractivity contribution in [3.05, 3.63) is 48.0 Å². The maximum atomic E-state index is 12.0. The summed E-state index contributed by atoms with van der Waals surface area (Å²) in [4.78, 5) is 12.0. The van der Waals surface area contributed by atoms with E-state index in [1.165, 1.54) is 0 Å². The van der Waals surface area contributed by atoms with Crippen molar-refractivity contribution in [2.75, 3.05) is 26.4 Å². The third-order valence-electron chi connectivity index (χ3n) is 4.05. The Hall–Kier alpha value is -2.89. The molecule has 1 heterocycles. The predicted molar refractivity (Wildman–Crippen MR) is 102 cm³/mol. The van der Waals surface area contributed by atoms with Gasteiger partial charge in [0.1, 0.15) is 13.2 Å². The molecule has 6 nitrogen and oxygen atoms in total. The summed E-state index contributed by atoms with van der Waals surface area (Å²) < 4.78 is 22.3. The van der Waals surface area contributed by atoms with E-state index in [-0.39, 0.29) is 5.91 Å². The van der Waals surface area contributed by atoms with E-state index in [9.17, 15) is 4.79 Å². The van der Waals surface area contributed by atoms with Crippen LogP contribution >= 0.6 is 0 Å². The summed E-state index contributed by atoms with van der Waals surface area (Å²) in [7, 11) is 0. The van der Waals surface area contributed by atoms with Crippen molar-refractivity contribution in [2.45, 2.75) is 26.3 Å². The summed E-state index contributed by atoms with van der Waals surface area (Å²) in [5.74, 6) is 2.90. The Labute approximate surface area is 159 Å². The molecule has 0 atom stereocenters. The van der Waals surface area contributed by atoms with Crippen LogP contribution in [0.2, 0.25) is 0 Å². The molecule has 144 valence electrons. The summed E-state index contributed by atoms with van der Waals surface area (Å²) >= 11 is 0. The molecule has 0 aliphatic carbocycles. The zero-order chi connectivity index (χ0) is 18.9. The van der Waals surface area contributed by atoms with E-state index in [0.29, 0.717) is 51.6 Å². The molecule has 2 aromatic carbocycles. The minimum atomic E-state index is -0.00779. The van der Waals surface area contributed by atoms with Gasteiger partial charge in [0.2, 0.25) is 5.91 Å². The Kier molecular flexibility index (Phi) is 6.79. The number of rotatable bonds is 9. The second kappa shape index (κ2) is 9.71. The van der Waals surface area contributed by atoms with Gasteiger partial charge in [-0.15, -0.1) is 0 Å². The molecule has 1 aliphatic heterocycles. The van der Waals surface area contributed by atoms with Crippen LogP contribution in [0.15, 0.2) is 42.5 Å². The summed E-state index contributed by atoms with van der Waals surface area (Å²) in [5, 5.41) is 2.92. The molecular weight excluding hydrogens is 346 g/mol. The standard InChI is InChI=1S/C21H25NO5/c1-2-24-17-6-3-4-7-18(17)25-11-5-8-21(23)22-15-16-9-10-19-20(14-16)27-13-12-26-19/h3-4,6-7,9-10,14H,2,5,8,11-13,15H2,1H3,(H,22,23). The number of para-hydroxylation sites is 2. The molecule has 0 radical (unpaired) electrons. The van der Waals surface area contributed by atoms with E-state index in [2.05, 4.69) is 5.32 Å². The first-order chi connectivity index (χ1) is 13.3. The van der Waals surface area contributed by atoms with Gasteiger partial charge < -0.3 is 24.3 Å². The highest BCUT2D eigenvalue weighted by Crippen LogP contribution is 2.30. The number of ether oxygens (including phenoxy) is 4. The molecule has 1 N–H and O–H groups in total. The van der Waals surface area contributed by atoms with Gasteiger partial charge in [-0.3, -0.25) is 4.79 Å². The van der Waals surface area contributed by atoms with Crippen molar-refractivity contribution in [1.29, 1.82) is 0 Å². The minimum absolute atomic E-state index is 0.00779. The summed E-state index contributed by atoms with van der Waals surface area (Å²) in [6.07, 6.45) is 1.04. The topological polar surface area (TPSA) is 66.0 Å². The van der Waals surface area contributed by atoms with Crippen LogP contribution in [0.4, 0.5) is 0 Å². The van der Waals surface area contributed by atoms with E-state index < -0.39 is 0 Å². The highest BCUT2D eigenvalue weighted by molar-refractivity contribution is 5.75. The molecular formula is C21H25NO5. The Morgan fingerprint density at radius 2 is 1.78 bits per heavy atom. The van der Waals surface area contributed by atoms with Crippen LogP contribution < -0.4 is 24.3 Å². The van der Waals surface area contributed by atoms with Gasteiger partial charge in [0.05, 0.1) is 13.2 Å². The van der Waals surface area contributed by atoms with Crippen molar-refractivity contribution < 1.29 is 23.7 Å². The first kappa shape index (κ1) is 18.9. The third-order valence-corrected chi connectivity index (χ3v) is 4.05. The summed E-state index contributed by atoms with van der Waals surface area (Å²) in [5.41, 5.74) is 0.981. The molecule has 0 aromatic heterocycles. The number of amides is 1. The minimum Gasteiger partial charge on any atom is -0.490 e. The quantitative estimate of drug-likeness (QED) is 0.685. The number of hydrogen-bond acceptors (Lipinski definition) is 5. The van der Waals surface area contributed by atoms with Gasteiger partial charge in [0.25, 0.3) is 0 Å². The molecule has 0 unspecified atom stereocenters. The fraction of sp³-hybridized carbons (Fsp3) is 0.381. The lowest BCUT2D eigenvalue weighted by Gasteiger charge is -2.19. The van der Waals surface area contributed by atoms with Crippen LogP contribution in [0.1, 0.15) is 25.3 Å². The Bertz CT molecular complexity index is 762. The molecule has 1 aliphatic rings. The predicted octanol–water partition coefficient (Wildman–Crippen LogP) is 3.33. The van der Waals surface area contributed by atoms with E-state index in [1.807, 2.05) is 49.4 Å². The fourth-order valence-corrected chi connectivity index (χ4v) is 2.75. The van der Waals surface area contributed by atoms with E-state index >= 15 is 0 Å². The molecule has 0 saturated heterocycles. The van der Waals surface area contributed by atoms with Gasteiger partial charge in [0.15, 0.2) is 23.0 Å². The second-order valence-electron chi connectivity index (χ2n) is 6.09. The van der Waals surface area contributed by atoms with Crippen molar-refractivity contribution in [1.82, 2.24) is 5.32 Å². The van der Waals surface area contributed by atoms with E-state index in [0.717, 1.165) is 22.8 Å². The normalized spacial score (nSPS) is 12.3. The lowest BCUT2D eigenvalue weighted by atomic mass is 10.2. The summed E-state index contributed by atoms with van der Waals surface area (Å²) in [6.45, 7) is 4.56. The van der Waals surface area contributed by atoms with E-state index in [1.54, 1.807) is 0 Å². The number of carbonyl (C=O) groups excluding carboxylic acids is 1. The molecule has 0 fully saturated rings. The zero-order valence-corrected chi connectivity index (χ0v) is 15.5. The van der Waals surface area contributed by atoms with Crippen molar-refractivity contribution >= 4 is 5.91 Å². The molecule has 0 saturated carbocycles. The van der Waals surface area contributed by atoms with Crippen LogP contribution in [-0.2, 0) is 11.3 Å². The largest absolute Gasteiger partial charge is 0.490 e. The number of carbonyl (C=O) groups is 1. The smallest absolute Gasteiger partial charge is 0.220 e. The van der Waals surface area contributed by atoms with Crippen LogP contribution in [0, 0.1) is 0 Å². The van der Waals surface area contributed by atoms with Gasteiger partial charge in [0, 0.05) is 13.0 Å². The van der Waals surface area contributed by atoms with Gasteiger partial charge in [-0.2, -0.15) is 0 Å². The molecule has 3 rings (SSSR count). The van der Waals surface area contributed by atoms with Crippen LogP contribution in [-0.4, -0.2) is 32.3 Å². The second-order valence-corrected chi connectivity index (χ2v) is 6.09. The van der Waals surface area contributed by atoms with Crippen LogP contribution in [0.25, 0.3) is 0 Å². The van der Waals surface area contributed by atoms with Gasteiger partial charge in [-0.25, -0.2) is 0 Å². The first-order valence-electron chi connectivity index (χ1n) is 9.26. The average molecular weight is 371 g/mol. The molecule has 0 bridgehead atoms. The monoisotopic (exact) mass is 371 g/mol. The van der Waals surface area contributed by atoms with Crippen LogP contribution in [0.3, 0.4) is 0 Å². The Morgan fingerprint density at radius 1 is 1.04 bits per heavy atom. The highest BCUT2D eigenvalue weighted by atomic mass is 16.6. The molecule has 6 heteroatoms. The average Bonchev–Trinajstić information content (AvgIpc) is 2.71. The van der Waals surface area contributed by atoms with Crippen LogP contribution in [0.5, 0.6) is 23.0 Å². The maximum absolute atomic E-state index is 12.0. The number of fused-ring (bicyclic) bond motifs is 1. The molecule has 27 heavy (non-hydrogen) atoms. The lowest BCUT2D eigenvalue weighted by molar-refractivity contribution is -0.121. The SMILES string of the molecule is CCOc1ccccc1OCCCC(=O)NCc1ccc2c(c1)OCCO2. The number of benzene rings is 2. The summed E-state index contributed by atoms with van der Waals surface area (Å²) in [6, 6.07) is 13.3. The third kappa shape index (κ3) is 5.54. The highest BCUT2D eigenvalue weighted by Gasteiger charge is 2.12.